The van der Waals surface area contributed by atoms with Gasteiger partial charge >= 0.3 is 0 Å². The van der Waals surface area contributed by atoms with E-state index in [2.05, 4.69) is 53.4 Å². The second kappa shape index (κ2) is 8.10. The van der Waals surface area contributed by atoms with E-state index >= 15 is 0 Å². The first-order chi connectivity index (χ1) is 12.6. The second-order valence-corrected chi connectivity index (χ2v) is 6.57. The summed E-state index contributed by atoms with van der Waals surface area (Å²) < 4.78 is 7.55. The first-order valence-electron chi connectivity index (χ1n) is 8.63. The number of rotatable bonds is 6. The molecule has 1 heterocycles. The van der Waals surface area contributed by atoms with Gasteiger partial charge in [-0.1, -0.05) is 38.1 Å². The fourth-order valence-electron chi connectivity index (χ4n) is 2.54. The molecule has 1 N–H and O–H groups in total. The lowest BCUT2D eigenvalue weighted by Gasteiger charge is -2.05. The van der Waals surface area contributed by atoms with E-state index in [1.165, 1.54) is 5.56 Å². The van der Waals surface area contributed by atoms with Crippen LogP contribution in [0.2, 0.25) is 0 Å². The van der Waals surface area contributed by atoms with Crippen molar-refractivity contribution >= 4 is 18.4 Å². The summed E-state index contributed by atoms with van der Waals surface area (Å²) in [6, 6.07) is 16.1. The first kappa shape index (κ1) is 18.1. The van der Waals surface area contributed by atoms with E-state index in [0.29, 0.717) is 23.1 Å². The van der Waals surface area contributed by atoms with E-state index in [9.17, 15) is 0 Å². The molecule has 1 aromatic heterocycles. The van der Waals surface area contributed by atoms with E-state index in [-0.39, 0.29) is 0 Å². The average molecular weight is 366 g/mol. The zero-order valence-electron chi connectivity index (χ0n) is 15.1. The molecule has 0 unspecified atom stereocenters. The van der Waals surface area contributed by atoms with Gasteiger partial charge in [0.15, 0.2) is 5.82 Å². The van der Waals surface area contributed by atoms with Crippen LogP contribution in [-0.2, 0) is 0 Å². The third kappa shape index (κ3) is 4.08. The van der Waals surface area contributed by atoms with Gasteiger partial charge < -0.3 is 4.74 Å². The van der Waals surface area contributed by atoms with Gasteiger partial charge in [-0.25, -0.2) is 5.10 Å². The highest BCUT2D eigenvalue weighted by molar-refractivity contribution is 7.71. The molecule has 0 radical (unpaired) electrons. The molecule has 0 spiro atoms. The Kier molecular flexibility index (Phi) is 5.63. The maximum Gasteiger partial charge on any atom is 0.216 e. The van der Waals surface area contributed by atoms with Crippen molar-refractivity contribution in [3.8, 4) is 17.1 Å². The Morgan fingerprint density at radius 2 is 1.85 bits per heavy atom. The number of hydrogen-bond donors (Lipinski definition) is 1. The third-order valence-corrected chi connectivity index (χ3v) is 4.26. The minimum absolute atomic E-state index is 0.448. The monoisotopic (exact) mass is 366 g/mol. The van der Waals surface area contributed by atoms with Gasteiger partial charge in [0.2, 0.25) is 4.77 Å². The Labute approximate surface area is 158 Å². The Hall–Kier alpha value is -2.73. The number of nitrogens with one attached hydrogen (secondary N) is 1. The molecule has 0 aliphatic carbocycles. The maximum absolute atomic E-state index is 5.48. The third-order valence-electron chi connectivity index (χ3n) is 4.00. The van der Waals surface area contributed by atoms with Gasteiger partial charge in [0, 0.05) is 5.56 Å². The standard InChI is InChI=1S/C20H22N4OS/c1-4-25-18-11-9-17(10-12-18)19-22-23-20(26)24(19)21-13-15-5-7-16(8-6-15)14(2)3/h5-14H,4H2,1-3H3,(H,23,26). The van der Waals surface area contributed by atoms with E-state index in [1.54, 1.807) is 10.9 Å². The molecular formula is C20H22N4OS. The lowest BCUT2D eigenvalue weighted by Crippen LogP contribution is -1.96. The van der Waals surface area contributed by atoms with Crippen molar-refractivity contribution in [1.29, 1.82) is 0 Å². The van der Waals surface area contributed by atoms with E-state index in [0.717, 1.165) is 16.9 Å². The smallest absolute Gasteiger partial charge is 0.216 e. The highest BCUT2D eigenvalue weighted by atomic mass is 32.1. The Morgan fingerprint density at radius 3 is 2.46 bits per heavy atom. The van der Waals surface area contributed by atoms with E-state index < -0.39 is 0 Å². The summed E-state index contributed by atoms with van der Waals surface area (Å²) in [5.74, 6) is 1.99. The normalized spacial score (nSPS) is 11.4. The van der Waals surface area contributed by atoms with Crippen LogP contribution < -0.4 is 4.74 Å². The molecule has 2 aromatic carbocycles. The lowest BCUT2D eigenvalue weighted by atomic mass is 10.0. The fourth-order valence-corrected chi connectivity index (χ4v) is 2.72. The molecule has 134 valence electrons. The van der Waals surface area contributed by atoms with E-state index in [4.69, 9.17) is 17.0 Å². The average Bonchev–Trinajstić information content (AvgIpc) is 3.02. The van der Waals surface area contributed by atoms with Crippen molar-refractivity contribution in [1.82, 2.24) is 14.9 Å². The van der Waals surface area contributed by atoms with E-state index in [1.807, 2.05) is 31.2 Å². The zero-order chi connectivity index (χ0) is 18.5. The summed E-state index contributed by atoms with van der Waals surface area (Å²) in [6.45, 7) is 6.95. The summed E-state index contributed by atoms with van der Waals surface area (Å²) in [5.41, 5.74) is 3.22. The first-order valence-corrected chi connectivity index (χ1v) is 9.04. The minimum Gasteiger partial charge on any atom is -0.494 e. The predicted octanol–water partition coefficient (Wildman–Crippen LogP) is 5.01. The molecule has 3 rings (SSSR count). The largest absolute Gasteiger partial charge is 0.494 e. The molecule has 0 saturated heterocycles. The van der Waals surface area contributed by atoms with Gasteiger partial charge in [0.05, 0.1) is 12.8 Å². The Bertz CT molecular complexity index is 937. The topological polar surface area (TPSA) is 55.2 Å². The van der Waals surface area contributed by atoms with Crippen LogP contribution in [0, 0.1) is 4.77 Å². The molecule has 0 bridgehead atoms. The van der Waals surface area contributed by atoms with Crippen LogP contribution in [0.1, 0.15) is 37.8 Å². The minimum atomic E-state index is 0.448. The molecule has 0 saturated carbocycles. The van der Waals surface area contributed by atoms with Gasteiger partial charge in [-0.05, 0) is 60.5 Å². The maximum atomic E-state index is 5.48. The van der Waals surface area contributed by atoms with Crippen LogP contribution >= 0.6 is 12.2 Å². The molecule has 0 aliphatic heterocycles. The number of benzene rings is 2. The van der Waals surface area contributed by atoms with Crippen molar-refractivity contribution in [2.24, 2.45) is 5.10 Å². The summed E-state index contributed by atoms with van der Waals surface area (Å²) in [6.07, 6.45) is 1.79. The number of nitrogens with zero attached hydrogens (tertiary/aromatic N) is 3. The van der Waals surface area contributed by atoms with Gasteiger partial charge in [-0.15, -0.1) is 0 Å². The molecule has 3 aromatic rings. The van der Waals surface area contributed by atoms with Crippen molar-refractivity contribution in [3.63, 3.8) is 0 Å². The Balaban J connectivity index is 1.86. The lowest BCUT2D eigenvalue weighted by molar-refractivity contribution is 0.340. The van der Waals surface area contributed by atoms with Gasteiger partial charge in [-0.2, -0.15) is 14.9 Å². The quantitative estimate of drug-likeness (QED) is 0.493. The summed E-state index contributed by atoms with van der Waals surface area (Å²) in [5, 5.41) is 11.6. The molecule has 0 fully saturated rings. The van der Waals surface area contributed by atoms with Crippen LogP contribution in [0.4, 0.5) is 0 Å². The second-order valence-electron chi connectivity index (χ2n) is 6.19. The Morgan fingerprint density at radius 1 is 1.15 bits per heavy atom. The zero-order valence-corrected chi connectivity index (χ0v) is 16.0. The molecule has 0 atom stereocenters. The fraction of sp³-hybridized carbons (Fsp3) is 0.250. The SMILES string of the molecule is CCOc1ccc(-c2n[nH]c(=S)n2N=Cc2ccc(C(C)C)cc2)cc1. The van der Waals surface area contributed by atoms with Crippen molar-refractivity contribution in [2.75, 3.05) is 6.61 Å². The summed E-state index contributed by atoms with van der Waals surface area (Å²) in [7, 11) is 0. The number of aromatic amines is 1. The summed E-state index contributed by atoms with van der Waals surface area (Å²) >= 11 is 5.32. The predicted molar refractivity (Wildman–Crippen MR) is 108 cm³/mol. The van der Waals surface area contributed by atoms with Crippen LogP contribution in [-0.4, -0.2) is 27.7 Å². The number of aromatic nitrogens is 3. The van der Waals surface area contributed by atoms with Crippen molar-refractivity contribution in [3.05, 3.63) is 64.4 Å². The highest BCUT2D eigenvalue weighted by Gasteiger charge is 2.08. The van der Waals surface area contributed by atoms with Gasteiger partial charge in [0.25, 0.3) is 0 Å². The summed E-state index contributed by atoms with van der Waals surface area (Å²) in [4.78, 5) is 0. The highest BCUT2D eigenvalue weighted by Crippen LogP contribution is 2.21. The van der Waals surface area contributed by atoms with Crippen LogP contribution in [0.5, 0.6) is 5.75 Å². The van der Waals surface area contributed by atoms with Crippen molar-refractivity contribution < 1.29 is 4.74 Å². The molecule has 0 aliphatic rings. The molecule has 0 amide bonds. The van der Waals surface area contributed by atoms with Crippen LogP contribution in [0.3, 0.4) is 0 Å². The van der Waals surface area contributed by atoms with Gasteiger partial charge in [0.1, 0.15) is 5.75 Å². The van der Waals surface area contributed by atoms with Crippen molar-refractivity contribution in [2.45, 2.75) is 26.7 Å². The number of hydrogen-bond acceptors (Lipinski definition) is 4. The van der Waals surface area contributed by atoms with Gasteiger partial charge in [-0.3, -0.25) is 0 Å². The molecule has 5 nitrogen and oxygen atoms in total. The molecular weight excluding hydrogens is 344 g/mol. The van der Waals surface area contributed by atoms with Crippen LogP contribution in [0.15, 0.2) is 53.6 Å². The number of ether oxygens (including phenoxy) is 1. The number of H-pyrrole nitrogens is 1. The molecule has 26 heavy (non-hydrogen) atoms. The van der Waals surface area contributed by atoms with Crippen LogP contribution in [0.25, 0.3) is 11.4 Å². The molecule has 6 heteroatoms.